The molecule has 23 heavy (non-hydrogen) atoms. The minimum atomic E-state index is -1.04. The highest BCUT2D eigenvalue weighted by Crippen LogP contribution is 2.11. The summed E-state index contributed by atoms with van der Waals surface area (Å²) >= 11 is 0. The van der Waals surface area contributed by atoms with E-state index in [-0.39, 0.29) is 12.5 Å². The number of carboxylic acids is 1. The number of ether oxygens (including phenoxy) is 1. The molecule has 0 aromatic rings. The first-order valence-electron chi connectivity index (χ1n) is 9.08. The van der Waals surface area contributed by atoms with E-state index < -0.39 is 5.97 Å². The van der Waals surface area contributed by atoms with Gasteiger partial charge in [-0.05, 0) is 12.8 Å². The van der Waals surface area contributed by atoms with Crippen molar-refractivity contribution in [3.05, 3.63) is 0 Å². The van der Waals surface area contributed by atoms with Gasteiger partial charge in [-0.25, -0.2) is 0 Å². The van der Waals surface area contributed by atoms with Gasteiger partial charge < -0.3 is 24.2 Å². The summed E-state index contributed by atoms with van der Waals surface area (Å²) in [4.78, 5) is 10.8. The third-order valence-electron chi connectivity index (χ3n) is 3.80. The molecule has 0 saturated heterocycles. The monoisotopic (exact) mass is 331 g/mol. The van der Waals surface area contributed by atoms with Crippen LogP contribution in [0.1, 0.15) is 64.2 Å². The van der Waals surface area contributed by atoms with Gasteiger partial charge >= 0.3 is 0 Å². The normalized spacial score (nSPS) is 13.2. The molecule has 0 aromatic heterocycles. The van der Waals surface area contributed by atoms with E-state index in [1.54, 1.807) is 0 Å². The van der Waals surface area contributed by atoms with Crippen molar-refractivity contribution in [2.24, 2.45) is 0 Å². The number of carboxylic acid groups (broad SMARTS) is 1. The van der Waals surface area contributed by atoms with Crippen LogP contribution >= 0.6 is 0 Å². The SMILES string of the molecule is C[N+](C)(C)CC(CC(=O)[O-])OCCCCCCCCCCCO. The number of carbonyl (C=O) groups excluding carboxylic acids is 1. The molecular weight excluding hydrogens is 294 g/mol. The molecular formula is C18H37NO4. The fourth-order valence-corrected chi connectivity index (χ4v) is 2.67. The zero-order chi connectivity index (χ0) is 17.6. The highest BCUT2D eigenvalue weighted by molar-refractivity contribution is 5.64. The Morgan fingerprint density at radius 1 is 0.957 bits per heavy atom. The van der Waals surface area contributed by atoms with Crippen molar-refractivity contribution < 1.29 is 24.2 Å². The van der Waals surface area contributed by atoms with Crippen LogP contribution in [-0.2, 0) is 9.53 Å². The number of aliphatic hydroxyl groups is 1. The first-order valence-corrected chi connectivity index (χ1v) is 9.08. The Morgan fingerprint density at radius 2 is 1.43 bits per heavy atom. The van der Waals surface area contributed by atoms with Crippen LogP contribution in [0, 0.1) is 0 Å². The Kier molecular flexibility index (Phi) is 13.4. The number of carbonyl (C=O) groups is 1. The van der Waals surface area contributed by atoms with Gasteiger partial charge in [-0.1, -0.05) is 44.9 Å². The lowest BCUT2D eigenvalue weighted by molar-refractivity contribution is -0.873. The Morgan fingerprint density at radius 3 is 1.87 bits per heavy atom. The lowest BCUT2D eigenvalue weighted by Gasteiger charge is -2.29. The van der Waals surface area contributed by atoms with Crippen LogP contribution in [0.4, 0.5) is 0 Å². The van der Waals surface area contributed by atoms with Gasteiger partial charge in [-0.15, -0.1) is 0 Å². The van der Waals surface area contributed by atoms with Gasteiger partial charge in [0.25, 0.3) is 0 Å². The number of unbranched alkanes of at least 4 members (excludes halogenated alkanes) is 8. The molecule has 0 radical (unpaired) electrons. The number of hydrogen-bond donors (Lipinski definition) is 1. The van der Waals surface area contributed by atoms with E-state index >= 15 is 0 Å². The molecule has 138 valence electrons. The van der Waals surface area contributed by atoms with Gasteiger partial charge in [0.05, 0.1) is 21.1 Å². The molecule has 0 bridgehead atoms. The Hall–Kier alpha value is -0.650. The lowest BCUT2D eigenvalue weighted by Crippen LogP contribution is -2.44. The van der Waals surface area contributed by atoms with Crippen molar-refractivity contribution >= 4 is 5.97 Å². The van der Waals surface area contributed by atoms with Crippen LogP contribution in [-0.4, -0.2) is 62.6 Å². The molecule has 5 nitrogen and oxygen atoms in total. The summed E-state index contributed by atoms with van der Waals surface area (Å²) in [7, 11) is 6.10. The maximum absolute atomic E-state index is 10.8. The molecule has 0 aliphatic heterocycles. The largest absolute Gasteiger partial charge is 0.550 e. The van der Waals surface area contributed by atoms with Crippen molar-refractivity contribution in [2.75, 3.05) is 40.9 Å². The zero-order valence-electron chi connectivity index (χ0n) is 15.4. The molecule has 0 aliphatic rings. The maximum atomic E-state index is 10.8. The number of rotatable bonds is 16. The van der Waals surface area contributed by atoms with E-state index in [4.69, 9.17) is 9.84 Å². The number of aliphatic carboxylic acids is 1. The molecule has 0 aromatic carbocycles. The van der Waals surface area contributed by atoms with Crippen molar-refractivity contribution in [1.29, 1.82) is 0 Å². The summed E-state index contributed by atoms with van der Waals surface area (Å²) in [6.45, 7) is 1.63. The molecule has 1 atom stereocenters. The summed E-state index contributed by atoms with van der Waals surface area (Å²) in [6.07, 6.45) is 10.1. The van der Waals surface area contributed by atoms with Crippen LogP contribution in [0.25, 0.3) is 0 Å². The second kappa shape index (κ2) is 13.8. The van der Waals surface area contributed by atoms with Crippen LogP contribution < -0.4 is 5.11 Å². The van der Waals surface area contributed by atoms with E-state index in [0.29, 0.717) is 24.2 Å². The van der Waals surface area contributed by atoms with Crippen molar-refractivity contribution in [3.8, 4) is 0 Å². The Bertz CT molecular complexity index is 289. The summed E-state index contributed by atoms with van der Waals surface area (Å²) in [5.74, 6) is -1.04. The topological polar surface area (TPSA) is 69.6 Å². The van der Waals surface area contributed by atoms with Crippen LogP contribution in [0.15, 0.2) is 0 Å². The molecule has 1 unspecified atom stereocenters. The minimum absolute atomic E-state index is 0.0244. The van der Waals surface area contributed by atoms with Crippen molar-refractivity contribution in [2.45, 2.75) is 70.3 Å². The van der Waals surface area contributed by atoms with Gasteiger partial charge in [0.15, 0.2) is 0 Å². The average molecular weight is 331 g/mol. The average Bonchev–Trinajstić information content (AvgIpc) is 2.42. The van der Waals surface area contributed by atoms with E-state index in [1.807, 2.05) is 21.1 Å². The Balaban J connectivity index is 3.57. The third-order valence-corrected chi connectivity index (χ3v) is 3.80. The minimum Gasteiger partial charge on any atom is -0.550 e. The number of hydrogen-bond acceptors (Lipinski definition) is 4. The number of aliphatic hydroxyl groups excluding tert-OH is 1. The van der Waals surface area contributed by atoms with E-state index in [9.17, 15) is 9.90 Å². The van der Waals surface area contributed by atoms with Crippen LogP contribution in [0.3, 0.4) is 0 Å². The number of quaternary nitrogens is 1. The quantitative estimate of drug-likeness (QED) is 0.345. The third kappa shape index (κ3) is 17.5. The first kappa shape index (κ1) is 22.4. The first-order chi connectivity index (χ1) is 10.8. The summed E-state index contributed by atoms with van der Waals surface area (Å²) in [5.41, 5.74) is 0. The maximum Gasteiger partial charge on any atom is 0.112 e. The molecule has 0 heterocycles. The van der Waals surface area contributed by atoms with E-state index in [0.717, 1.165) is 25.7 Å². The van der Waals surface area contributed by atoms with E-state index in [1.165, 1.54) is 32.1 Å². The molecule has 0 saturated carbocycles. The van der Waals surface area contributed by atoms with Gasteiger partial charge in [-0.3, -0.25) is 0 Å². The predicted molar refractivity (Wildman–Crippen MR) is 90.9 cm³/mol. The molecule has 0 amide bonds. The molecule has 0 aliphatic carbocycles. The molecule has 0 spiro atoms. The summed E-state index contributed by atoms with van der Waals surface area (Å²) in [6, 6.07) is 0. The fourth-order valence-electron chi connectivity index (χ4n) is 2.67. The summed E-state index contributed by atoms with van der Waals surface area (Å²) < 4.78 is 6.43. The lowest BCUT2D eigenvalue weighted by atomic mass is 10.1. The molecule has 5 heteroatoms. The van der Waals surface area contributed by atoms with Gasteiger partial charge in [0.2, 0.25) is 0 Å². The number of likely N-dealkylation sites (N-methyl/N-ethyl adjacent to an activating group) is 1. The highest BCUT2D eigenvalue weighted by Gasteiger charge is 2.18. The van der Waals surface area contributed by atoms with Crippen LogP contribution in [0.2, 0.25) is 0 Å². The molecule has 0 rings (SSSR count). The smallest absolute Gasteiger partial charge is 0.112 e. The second-order valence-corrected chi connectivity index (χ2v) is 7.45. The molecule has 0 fully saturated rings. The highest BCUT2D eigenvalue weighted by atomic mass is 16.5. The van der Waals surface area contributed by atoms with Crippen LogP contribution in [0.5, 0.6) is 0 Å². The van der Waals surface area contributed by atoms with Crippen molar-refractivity contribution in [1.82, 2.24) is 0 Å². The molecule has 1 N–H and O–H groups in total. The van der Waals surface area contributed by atoms with Gasteiger partial charge in [-0.2, -0.15) is 0 Å². The predicted octanol–water partition coefficient (Wildman–Crippen LogP) is 1.72. The van der Waals surface area contributed by atoms with E-state index in [2.05, 4.69) is 0 Å². The Labute approximate surface area is 142 Å². The summed E-state index contributed by atoms with van der Waals surface area (Å²) in [5, 5.41) is 19.5. The number of nitrogens with zero attached hydrogens (tertiary/aromatic N) is 1. The van der Waals surface area contributed by atoms with Crippen molar-refractivity contribution in [3.63, 3.8) is 0 Å². The van der Waals surface area contributed by atoms with Gasteiger partial charge in [0.1, 0.15) is 12.6 Å². The van der Waals surface area contributed by atoms with Gasteiger partial charge in [0, 0.05) is 25.6 Å². The standard InChI is InChI=1S/C18H37NO4/c1-19(2,3)16-17(15-18(21)22)23-14-12-10-8-6-4-5-7-9-11-13-20/h17,20H,4-16H2,1-3H3. The second-order valence-electron chi connectivity index (χ2n) is 7.45. The zero-order valence-corrected chi connectivity index (χ0v) is 15.4. The fraction of sp³-hybridized carbons (Fsp3) is 0.944.